The Morgan fingerprint density at radius 2 is 0.760 bits per heavy atom. The standard InChI is InChI=1S/C20H42F3NS/c1-3-5-7-9-11-13-15-17-19-24(25(21,22)23)20-18-16-14-12-10-8-6-4-2/h3-20H2,1-2H3. The van der Waals surface area contributed by atoms with Gasteiger partial charge in [0.05, 0.1) is 0 Å². The van der Waals surface area contributed by atoms with Gasteiger partial charge in [0.1, 0.15) is 0 Å². The Hall–Kier alpha value is 0.100. The van der Waals surface area contributed by atoms with Gasteiger partial charge in [-0.05, 0) is 12.8 Å². The minimum atomic E-state index is -5.04. The molecule has 0 aromatic rings. The summed E-state index contributed by atoms with van der Waals surface area (Å²) in [5.41, 5.74) is 0. The first-order valence-electron chi connectivity index (χ1n) is 10.7. The highest BCUT2D eigenvalue weighted by Gasteiger charge is 2.30. The van der Waals surface area contributed by atoms with Crippen molar-refractivity contribution in [1.29, 1.82) is 0 Å². The predicted molar refractivity (Wildman–Crippen MR) is 108 cm³/mol. The van der Waals surface area contributed by atoms with Crippen molar-refractivity contribution >= 4 is 11.4 Å². The molecule has 1 nitrogen and oxygen atoms in total. The maximum absolute atomic E-state index is 13.2. The Bertz CT molecular complexity index is 252. The smallest absolute Gasteiger partial charge is 0.193 e. The molecule has 0 aliphatic carbocycles. The van der Waals surface area contributed by atoms with Crippen LogP contribution in [0, 0.1) is 0 Å². The summed E-state index contributed by atoms with van der Waals surface area (Å²) in [5.74, 6) is 0. The van der Waals surface area contributed by atoms with Crippen molar-refractivity contribution in [3.05, 3.63) is 0 Å². The summed E-state index contributed by atoms with van der Waals surface area (Å²) in [6, 6.07) is 0. The Balaban J connectivity index is 3.67. The molecule has 0 saturated heterocycles. The summed E-state index contributed by atoms with van der Waals surface area (Å²) in [7, 11) is 0. The summed E-state index contributed by atoms with van der Waals surface area (Å²) in [6.07, 6.45) is 17.8. The zero-order chi connectivity index (χ0) is 18.8. The predicted octanol–water partition coefficient (Wildman–Crippen LogP) is 8.94. The van der Waals surface area contributed by atoms with Crippen molar-refractivity contribution in [1.82, 2.24) is 4.31 Å². The molecule has 154 valence electrons. The van der Waals surface area contributed by atoms with Gasteiger partial charge < -0.3 is 0 Å². The Morgan fingerprint density at radius 1 is 0.480 bits per heavy atom. The summed E-state index contributed by atoms with van der Waals surface area (Å²) < 4.78 is 40.3. The number of rotatable bonds is 19. The van der Waals surface area contributed by atoms with E-state index >= 15 is 0 Å². The molecule has 5 heteroatoms. The van der Waals surface area contributed by atoms with Crippen LogP contribution in [0.25, 0.3) is 0 Å². The second-order valence-corrected chi connectivity index (χ2v) is 8.54. The van der Waals surface area contributed by atoms with Crippen LogP contribution in [0.1, 0.15) is 117 Å². The van der Waals surface area contributed by atoms with Crippen LogP contribution in [0.3, 0.4) is 0 Å². The minimum absolute atomic E-state index is 0.213. The topological polar surface area (TPSA) is 3.24 Å². The maximum Gasteiger partial charge on any atom is 0.278 e. The molecule has 0 unspecified atom stereocenters. The lowest BCUT2D eigenvalue weighted by Gasteiger charge is -2.27. The van der Waals surface area contributed by atoms with Crippen LogP contribution >= 0.6 is 11.4 Å². The van der Waals surface area contributed by atoms with Crippen LogP contribution < -0.4 is 0 Å². The van der Waals surface area contributed by atoms with E-state index in [4.69, 9.17) is 0 Å². The molecule has 0 rings (SSSR count). The highest BCUT2D eigenvalue weighted by molar-refractivity contribution is 8.18. The van der Waals surface area contributed by atoms with Crippen molar-refractivity contribution in [3.63, 3.8) is 0 Å². The third-order valence-electron chi connectivity index (χ3n) is 4.81. The molecule has 0 radical (unpaired) electrons. The second kappa shape index (κ2) is 17.5. The summed E-state index contributed by atoms with van der Waals surface area (Å²) >= 11 is -5.04. The van der Waals surface area contributed by atoms with Crippen LogP contribution in [0.2, 0.25) is 0 Å². The van der Waals surface area contributed by atoms with Crippen molar-refractivity contribution in [3.8, 4) is 0 Å². The van der Waals surface area contributed by atoms with E-state index in [9.17, 15) is 11.7 Å². The summed E-state index contributed by atoms with van der Waals surface area (Å²) in [4.78, 5) is 0. The molecule has 0 atom stereocenters. The molecule has 0 fully saturated rings. The van der Waals surface area contributed by atoms with Gasteiger partial charge in [0.25, 0.3) is 11.4 Å². The number of unbranched alkanes of at least 4 members (excludes halogenated alkanes) is 14. The third kappa shape index (κ3) is 17.3. The average molecular weight is 386 g/mol. The van der Waals surface area contributed by atoms with Crippen LogP contribution in [0.4, 0.5) is 11.7 Å². The van der Waals surface area contributed by atoms with Crippen LogP contribution in [0.5, 0.6) is 0 Å². The molecule has 0 heterocycles. The molecule has 25 heavy (non-hydrogen) atoms. The first-order chi connectivity index (χ1) is 12.0. The monoisotopic (exact) mass is 385 g/mol. The molecule has 0 N–H and O–H groups in total. The molecule has 0 aliphatic rings. The van der Waals surface area contributed by atoms with Crippen molar-refractivity contribution in [2.45, 2.75) is 117 Å². The first kappa shape index (κ1) is 25.1. The van der Waals surface area contributed by atoms with Crippen LogP contribution in [-0.2, 0) is 0 Å². The van der Waals surface area contributed by atoms with E-state index in [1.807, 2.05) is 0 Å². The second-order valence-electron chi connectivity index (χ2n) is 7.26. The zero-order valence-electron chi connectivity index (χ0n) is 16.7. The van der Waals surface area contributed by atoms with E-state index in [-0.39, 0.29) is 13.1 Å². The fourth-order valence-corrected chi connectivity index (χ4v) is 3.84. The molecule has 0 aliphatic heterocycles. The molecule has 0 spiro atoms. The van der Waals surface area contributed by atoms with Gasteiger partial charge in [0.2, 0.25) is 0 Å². The SMILES string of the molecule is CCCCCCCCCCN(CCCCCCCCCC)S(F)(F)F. The quantitative estimate of drug-likeness (QED) is 0.201. The molecule has 0 bridgehead atoms. The fourth-order valence-electron chi connectivity index (χ4n) is 3.16. The lowest BCUT2D eigenvalue weighted by atomic mass is 10.1. The first-order valence-corrected chi connectivity index (χ1v) is 12.0. The summed E-state index contributed by atoms with van der Waals surface area (Å²) in [6.45, 7) is 4.82. The highest BCUT2D eigenvalue weighted by atomic mass is 32.3. The van der Waals surface area contributed by atoms with Gasteiger partial charge >= 0.3 is 0 Å². The van der Waals surface area contributed by atoms with Crippen molar-refractivity contribution in [2.75, 3.05) is 13.1 Å². The van der Waals surface area contributed by atoms with Crippen molar-refractivity contribution < 1.29 is 11.7 Å². The summed E-state index contributed by atoms with van der Waals surface area (Å²) in [5, 5.41) is 0. The van der Waals surface area contributed by atoms with Gasteiger partial charge in [-0.15, -0.1) is 11.7 Å². The largest absolute Gasteiger partial charge is 0.278 e. The number of halogens is 3. The van der Waals surface area contributed by atoms with E-state index in [0.717, 1.165) is 30.0 Å². The van der Waals surface area contributed by atoms with Gasteiger partial charge in [0, 0.05) is 13.1 Å². The van der Waals surface area contributed by atoms with Gasteiger partial charge in [-0.1, -0.05) is 104 Å². The van der Waals surface area contributed by atoms with Gasteiger partial charge in [-0.3, -0.25) is 0 Å². The average Bonchev–Trinajstić information content (AvgIpc) is 2.56. The number of hydrogen-bond acceptors (Lipinski definition) is 1. The van der Waals surface area contributed by atoms with E-state index in [2.05, 4.69) is 13.8 Å². The Morgan fingerprint density at radius 3 is 1.04 bits per heavy atom. The zero-order valence-corrected chi connectivity index (χ0v) is 17.5. The molecule has 0 amide bonds. The van der Waals surface area contributed by atoms with Gasteiger partial charge in [-0.25, -0.2) is 0 Å². The lowest BCUT2D eigenvalue weighted by molar-refractivity contribution is 0.360. The highest BCUT2D eigenvalue weighted by Crippen LogP contribution is 2.56. The van der Waals surface area contributed by atoms with Crippen LogP contribution in [0.15, 0.2) is 0 Å². The maximum atomic E-state index is 13.2. The molecule has 0 aromatic carbocycles. The molecular weight excluding hydrogens is 343 g/mol. The Labute approximate surface area is 157 Å². The molecular formula is C20H42F3NS. The third-order valence-corrected chi connectivity index (χ3v) is 5.77. The van der Waals surface area contributed by atoms with E-state index in [1.54, 1.807) is 0 Å². The van der Waals surface area contributed by atoms with E-state index < -0.39 is 11.4 Å². The normalized spacial score (nSPS) is 12.9. The lowest BCUT2D eigenvalue weighted by Crippen LogP contribution is -2.23. The van der Waals surface area contributed by atoms with Gasteiger partial charge in [-0.2, -0.15) is 4.31 Å². The van der Waals surface area contributed by atoms with Crippen molar-refractivity contribution in [2.24, 2.45) is 0 Å². The minimum Gasteiger partial charge on any atom is -0.193 e. The van der Waals surface area contributed by atoms with Crippen LogP contribution in [-0.4, -0.2) is 17.4 Å². The molecule has 0 aromatic heterocycles. The number of hydrogen-bond donors (Lipinski definition) is 0. The Kier molecular flexibility index (Phi) is 17.6. The van der Waals surface area contributed by atoms with E-state index in [1.165, 1.54) is 64.2 Å². The van der Waals surface area contributed by atoms with E-state index in [0.29, 0.717) is 12.8 Å². The molecule has 0 saturated carbocycles. The van der Waals surface area contributed by atoms with Gasteiger partial charge in [0.15, 0.2) is 0 Å². The fraction of sp³-hybridized carbons (Fsp3) is 1.00. The number of nitrogens with zero attached hydrogens (tertiary/aromatic N) is 1.